The SMILES string of the molecule is C=CCCC(=O)N1C[C@H](Nc2ncnc(NCC)c2C)CCC1(C)C. The second kappa shape index (κ2) is 8.32. The molecule has 6 nitrogen and oxygen atoms in total. The minimum Gasteiger partial charge on any atom is -0.370 e. The van der Waals surface area contributed by atoms with Crippen LogP contribution in [0, 0.1) is 6.92 Å². The highest BCUT2D eigenvalue weighted by Crippen LogP contribution is 2.30. The van der Waals surface area contributed by atoms with E-state index in [1.807, 2.05) is 18.7 Å². The number of likely N-dealkylation sites (tertiary alicyclic amines) is 1. The van der Waals surface area contributed by atoms with Crippen molar-refractivity contribution in [2.45, 2.75) is 65.0 Å². The zero-order valence-electron chi connectivity index (χ0n) is 15.9. The summed E-state index contributed by atoms with van der Waals surface area (Å²) in [4.78, 5) is 23.3. The van der Waals surface area contributed by atoms with Crippen molar-refractivity contribution in [2.24, 2.45) is 0 Å². The number of anilines is 2. The number of hydrogen-bond donors (Lipinski definition) is 2. The Kier molecular flexibility index (Phi) is 6.39. The van der Waals surface area contributed by atoms with Gasteiger partial charge in [0.15, 0.2) is 0 Å². The molecule has 1 aromatic rings. The molecule has 1 aliphatic rings. The summed E-state index contributed by atoms with van der Waals surface area (Å²) in [5.74, 6) is 1.90. The number of amides is 1. The third-order valence-corrected chi connectivity index (χ3v) is 4.87. The minimum atomic E-state index is -0.105. The van der Waals surface area contributed by atoms with Gasteiger partial charge in [-0.05, 0) is 47.0 Å². The summed E-state index contributed by atoms with van der Waals surface area (Å²) in [6.07, 6.45) is 6.61. The topological polar surface area (TPSA) is 70.2 Å². The maximum atomic E-state index is 12.6. The molecule has 2 N–H and O–H groups in total. The molecule has 0 aromatic carbocycles. The van der Waals surface area contributed by atoms with Gasteiger partial charge < -0.3 is 15.5 Å². The molecular weight excluding hydrogens is 314 g/mol. The van der Waals surface area contributed by atoms with E-state index >= 15 is 0 Å². The van der Waals surface area contributed by atoms with Gasteiger partial charge in [-0.1, -0.05) is 6.08 Å². The number of rotatable bonds is 7. The van der Waals surface area contributed by atoms with Gasteiger partial charge >= 0.3 is 0 Å². The van der Waals surface area contributed by atoms with Gasteiger partial charge in [0.2, 0.25) is 5.91 Å². The van der Waals surface area contributed by atoms with Crippen LogP contribution in [-0.4, -0.2) is 45.4 Å². The van der Waals surface area contributed by atoms with Gasteiger partial charge in [0.1, 0.15) is 18.0 Å². The van der Waals surface area contributed by atoms with E-state index in [1.54, 1.807) is 12.4 Å². The van der Waals surface area contributed by atoms with Gasteiger partial charge in [-0.25, -0.2) is 9.97 Å². The summed E-state index contributed by atoms with van der Waals surface area (Å²) in [6, 6.07) is 0.198. The van der Waals surface area contributed by atoms with Crippen molar-refractivity contribution in [3.8, 4) is 0 Å². The smallest absolute Gasteiger partial charge is 0.223 e. The second-order valence-corrected chi connectivity index (χ2v) is 7.25. The van der Waals surface area contributed by atoms with Crippen molar-refractivity contribution >= 4 is 17.5 Å². The highest BCUT2D eigenvalue weighted by Gasteiger charge is 2.37. The Morgan fingerprint density at radius 1 is 1.44 bits per heavy atom. The van der Waals surface area contributed by atoms with E-state index in [0.717, 1.165) is 43.0 Å². The average Bonchev–Trinajstić information content (AvgIpc) is 2.58. The van der Waals surface area contributed by atoms with Crippen LogP contribution in [0.1, 0.15) is 52.0 Å². The molecule has 138 valence electrons. The highest BCUT2D eigenvalue weighted by atomic mass is 16.2. The number of carbonyl (C=O) groups is 1. The zero-order valence-corrected chi connectivity index (χ0v) is 15.9. The van der Waals surface area contributed by atoms with E-state index in [1.165, 1.54) is 0 Å². The van der Waals surface area contributed by atoms with E-state index in [4.69, 9.17) is 0 Å². The first kappa shape index (κ1) is 19.2. The summed E-state index contributed by atoms with van der Waals surface area (Å²) >= 11 is 0. The van der Waals surface area contributed by atoms with E-state index in [-0.39, 0.29) is 17.5 Å². The van der Waals surface area contributed by atoms with Gasteiger partial charge in [-0.3, -0.25) is 4.79 Å². The number of carbonyl (C=O) groups excluding carboxylic acids is 1. The number of hydrogen-bond acceptors (Lipinski definition) is 5. The fourth-order valence-electron chi connectivity index (χ4n) is 3.27. The molecule has 2 heterocycles. The van der Waals surface area contributed by atoms with Gasteiger partial charge in [-0.2, -0.15) is 0 Å². The lowest BCUT2D eigenvalue weighted by Crippen LogP contribution is -2.56. The van der Waals surface area contributed by atoms with Gasteiger partial charge in [0.25, 0.3) is 0 Å². The third-order valence-electron chi connectivity index (χ3n) is 4.87. The molecule has 0 saturated carbocycles. The third kappa shape index (κ3) is 4.71. The number of nitrogens with one attached hydrogen (secondary N) is 2. The van der Waals surface area contributed by atoms with Crippen LogP contribution < -0.4 is 10.6 Å². The fourth-order valence-corrected chi connectivity index (χ4v) is 3.27. The Morgan fingerprint density at radius 3 is 2.84 bits per heavy atom. The summed E-state index contributed by atoms with van der Waals surface area (Å²) in [6.45, 7) is 13.6. The van der Waals surface area contributed by atoms with Crippen molar-refractivity contribution in [3.05, 3.63) is 24.5 Å². The predicted molar refractivity (Wildman–Crippen MR) is 103 cm³/mol. The molecule has 25 heavy (non-hydrogen) atoms. The molecule has 6 heteroatoms. The molecule has 1 saturated heterocycles. The molecule has 2 rings (SSSR count). The van der Waals surface area contributed by atoms with Crippen LogP contribution in [0.2, 0.25) is 0 Å². The predicted octanol–water partition coefficient (Wildman–Crippen LogP) is 3.36. The van der Waals surface area contributed by atoms with Crippen LogP contribution in [0.15, 0.2) is 19.0 Å². The Balaban J connectivity index is 2.10. The molecule has 1 aliphatic heterocycles. The largest absolute Gasteiger partial charge is 0.370 e. The van der Waals surface area contributed by atoms with Crippen molar-refractivity contribution in [1.29, 1.82) is 0 Å². The Labute approximate surface area is 151 Å². The summed E-state index contributed by atoms with van der Waals surface area (Å²) in [7, 11) is 0. The van der Waals surface area contributed by atoms with E-state index in [2.05, 4.69) is 41.0 Å². The van der Waals surface area contributed by atoms with Gasteiger partial charge in [0, 0.05) is 36.7 Å². The first-order valence-electron chi connectivity index (χ1n) is 9.12. The van der Waals surface area contributed by atoms with Crippen LogP contribution in [0.3, 0.4) is 0 Å². The van der Waals surface area contributed by atoms with E-state index in [9.17, 15) is 4.79 Å². The number of aromatic nitrogens is 2. The lowest BCUT2D eigenvalue weighted by atomic mass is 9.87. The molecule has 1 atom stereocenters. The standard InChI is InChI=1S/C19H31N5O/c1-6-8-9-16(25)24-12-15(10-11-19(24,4)5)23-18-14(3)17(20-7-2)21-13-22-18/h6,13,15H,1,7-12H2,2-5H3,(H2,20,21,22,23)/t15-/m1/s1. The Bertz CT molecular complexity index is 614. The molecule has 1 fully saturated rings. The quantitative estimate of drug-likeness (QED) is 0.742. The first-order valence-corrected chi connectivity index (χ1v) is 9.12. The lowest BCUT2D eigenvalue weighted by Gasteiger charge is -2.46. The molecule has 0 aliphatic carbocycles. The maximum Gasteiger partial charge on any atom is 0.223 e. The fraction of sp³-hybridized carbons (Fsp3) is 0.632. The first-order chi connectivity index (χ1) is 11.9. The molecule has 0 radical (unpaired) electrons. The summed E-state index contributed by atoms with van der Waals surface area (Å²) in [5.41, 5.74) is 0.908. The van der Waals surface area contributed by atoms with Crippen LogP contribution in [-0.2, 0) is 4.79 Å². The number of nitrogens with zero attached hydrogens (tertiary/aromatic N) is 3. The van der Waals surface area contributed by atoms with E-state index in [0.29, 0.717) is 13.0 Å². The van der Waals surface area contributed by atoms with Gasteiger partial charge in [-0.15, -0.1) is 6.58 Å². The van der Waals surface area contributed by atoms with E-state index < -0.39 is 0 Å². The molecule has 1 amide bonds. The van der Waals surface area contributed by atoms with Crippen LogP contribution in [0.25, 0.3) is 0 Å². The normalized spacial score (nSPS) is 19.4. The van der Waals surface area contributed by atoms with Crippen LogP contribution >= 0.6 is 0 Å². The zero-order chi connectivity index (χ0) is 18.4. The van der Waals surface area contributed by atoms with Crippen molar-refractivity contribution in [3.63, 3.8) is 0 Å². The number of allylic oxidation sites excluding steroid dienone is 1. The molecule has 0 bridgehead atoms. The minimum absolute atomic E-state index is 0.105. The average molecular weight is 345 g/mol. The summed E-state index contributed by atoms with van der Waals surface area (Å²) < 4.78 is 0. The second-order valence-electron chi connectivity index (χ2n) is 7.25. The van der Waals surface area contributed by atoms with Gasteiger partial charge in [0.05, 0.1) is 0 Å². The van der Waals surface area contributed by atoms with Crippen LogP contribution in [0.5, 0.6) is 0 Å². The Morgan fingerprint density at radius 2 is 2.16 bits per heavy atom. The Hall–Kier alpha value is -2.11. The maximum absolute atomic E-state index is 12.6. The number of piperidine rings is 1. The molecular formula is C19H31N5O. The molecule has 1 aromatic heterocycles. The summed E-state index contributed by atoms with van der Waals surface area (Å²) in [5, 5.41) is 6.77. The lowest BCUT2D eigenvalue weighted by molar-refractivity contribution is -0.138. The van der Waals surface area contributed by atoms with Crippen molar-refractivity contribution in [1.82, 2.24) is 14.9 Å². The molecule has 0 spiro atoms. The van der Waals surface area contributed by atoms with Crippen molar-refractivity contribution < 1.29 is 4.79 Å². The van der Waals surface area contributed by atoms with Crippen molar-refractivity contribution in [2.75, 3.05) is 23.7 Å². The monoisotopic (exact) mass is 345 g/mol. The van der Waals surface area contributed by atoms with Crippen LogP contribution in [0.4, 0.5) is 11.6 Å². The highest BCUT2D eigenvalue weighted by molar-refractivity contribution is 5.77. The molecule has 0 unspecified atom stereocenters.